The largest absolute Gasteiger partial charge is 0.354 e. The fraction of sp³-hybridized carbons (Fsp3) is 0.786. The van der Waals surface area contributed by atoms with Crippen molar-refractivity contribution in [2.75, 3.05) is 23.7 Å². The smallest absolute Gasteiger partial charge is 0.228 e. The highest BCUT2D eigenvalue weighted by Crippen LogP contribution is 2.26. The molecule has 5 nitrogen and oxygen atoms in total. The zero-order chi connectivity index (χ0) is 14.2. The van der Waals surface area contributed by atoms with Gasteiger partial charge in [-0.15, -0.1) is 0 Å². The minimum atomic E-state index is 0.235. The van der Waals surface area contributed by atoms with Gasteiger partial charge in [-0.25, -0.2) is 0 Å². The third-order valence-electron chi connectivity index (χ3n) is 3.70. The molecule has 6 heteroatoms. The van der Waals surface area contributed by atoms with E-state index in [9.17, 15) is 0 Å². The molecule has 2 rings (SSSR count). The van der Waals surface area contributed by atoms with E-state index >= 15 is 0 Å². The summed E-state index contributed by atoms with van der Waals surface area (Å²) in [6.07, 6.45) is 9.10. The number of nitrogens with one attached hydrogen (secondary N) is 2. The van der Waals surface area contributed by atoms with Gasteiger partial charge in [0.2, 0.25) is 17.2 Å². The normalized spacial score (nSPS) is 16.1. The fourth-order valence-electron chi connectivity index (χ4n) is 2.61. The highest BCUT2D eigenvalue weighted by atomic mass is 35.5. The summed E-state index contributed by atoms with van der Waals surface area (Å²) in [7, 11) is 0. The van der Waals surface area contributed by atoms with E-state index in [1.165, 1.54) is 38.5 Å². The SMILES string of the molecule is CCCNc1nc(Cl)nc(NCCC2CCCCC2)n1. The zero-order valence-electron chi connectivity index (χ0n) is 12.2. The molecule has 2 N–H and O–H groups in total. The lowest BCUT2D eigenvalue weighted by molar-refractivity contribution is 0.345. The summed E-state index contributed by atoms with van der Waals surface area (Å²) in [6, 6.07) is 0. The molecule has 20 heavy (non-hydrogen) atoms. The summed E-state index contributed by atoms with van der Waals surface area (Å²) in [6.45, 7) is 3.83. The topological polar surface area (TPSA) is 62.7 Å². The Bertz CT molecular complexity index is 407. The third kappa shape index (κ3) is 5.12. The van der Waals surface area contributed by atoms with Gasteiger partial charge in [-0.3, -0.25) is 0 Å². The summed E-state index contributed by atoms with van der Waals surface area (Å²) in [5.74, 6) is 1.97. The van der Waals surface area contributed by atoms with Crippen molar-refractivity contribution in [1.82, 2.24) is 15.0 Å². The number of hydrogen-bond acceptors (Lipinski definition) is 5. The molecule has 1 aromatic rings. The number of aromatic nitrogens is 3. The molecule has 1 aliphatic carbocycles. The van der Waals surface area contributed by atoms with Crippen LogP contribution in [-0.4, -0.2) is 28.0 Å². The van der Waals surface area contributed by atoms with Crippen LogP contribution in [0, 0.1) is 5.92 Å². The number of rotatable bonds is 7. The molecule has 0 aromatic carbocycles. The molecular formula is C14H24ClN5. The molecule has 0 bridgehead atoms. The van der Waals surface area contributed by atoms with Crippen LogP contribution in [0.1, 0.15) is 51.9 Å². The van der Waals surface area contributed by atoms with Crippen LogP contribution in [-0.2, 0) is 0 Å². The molecule has 1 aliphatic rings. The van der Waals surface area contributed by atoms with Gasteiger partial charge in [-0.05, 0) is 30.4 Å². The third-order valence-corrected chi connectivity index (χ3v) is 3.87. The first kappa shape index (κ1) is 15.3. The first-order chi connectivity index (χ1) is 9.78. The van der Waals surface area contributed by atoms with Gasteiger partial charge in [-0.2, -0.15) is 15.0 Å². The number of nitrogens with zero attached hydrogens (tertiary/aromatic N) is 3. The second kappa shape index (κ2) is 8.25. The van der Waals surface area contributed by atoms with Gasteiger partial charge in [-0.1, -0.05) is 39.0 Å². The van der Waals surface area contributed by atoms with Gasteiger partial charge in [0.15, 0.2) is 0 Å². The van der Waals surface area contributed by atoms with Gasteiger partial charge in [0.1, 0.15) is 0 Å². The van der Waals surface area contributed by atoms with Gasteiger partial charge in [0.05, 0.1) is 0 Å². The predicted molar refractivity (Wildman–Crippen MR) is 83.3 cm³/mol. The molecule has 1 fully saturated rings. The molecule has 1 aromatic heterocycles. The molecular weight excluding hydrogens is 274 g/mol. The maximum atomic E-state index is 5.91. The molecule has 112 valence electrons. The van der Waals surface area contributed by atoms with Gasteiger partial charge in [0, 0.05) is 13.1 Å². The highest BCUT2D eigenvalue weighted by Gasteiger charge is 2.13. The minimum Gasteiger partial charge on any atom is -0.354 e. The van der Waals surface area contributed by atoms with Crippen molar-refractivity contribution in [2.45, 2.75) is 51.9 Å². The van der Waals surface area contributed by atoms with Crippen LogP contribution in [0.3, 0.4) is 0 Å². The first-order valence-electron chi connectivity index (χ1n) is 7.67. The van der Waals surface area contributed by atoms with Crippen LogP contribution in [0.5, 0.6) is 0 Å². The van der Waals surface area contributed by atoms with E-state index in [0.29, 0.717) is 11.9 Å². The van der Waals surface area contributed by atoms with Crippen LogP contribution >= 0.6 is 11.6 Å². The van der Waals surface area contributed by atoms with E-state index in [4.69, 9.17) is 11.6 Å². The van der Waals surface area contributed by atoms with Crippen molar-refractivity contribution in [3.8, 4) is 0 Å². The standard InChI is InChI=1S/C14H24ClN5/c1-2-9-16-13-18-12(15)19-14(20-13)17-10-8-11-6-4-3-5-7-11/h11H,2-10H2,1H3,(H2,16,17,18,19,20). The molecule has 0 amide bonds. The quantitative estimate of drug-likeness (QED) is 0.803. The van der Waals surface area contributed by atoms with Gasteiger partial charge in [0.25, 0.3) is 0 Å². The molecule has 0 spiro atoms. The molecule has 1 heterocycles. The van der Waals surface area contributed by atoms with E-state index in [1.807, 2.05) is 0 Å². The average Bonchev–Trinajstić information content (AvgIpc) is 2.46. The second-order valence-electron chi connectivity index (χ2n) is 5.40. The summed E-state index contributed by atoms with van der Waals surface area (Å²) in [4.78, 5) is 12.5. The Hall–Kier alpha value is -1.10. The Morgan fingerprint density at radius 2 is 1.65 bits per heavy atom. The van der Waals surface area contributed by atoms with Crippen LogP contribution in [0.15, 0.2) is 0 Å². The second-order valence-corrected chi connectivity index (χ2v) is 5.74. The maximum absolute atomic E-state index is 5.91. The van der Waals surface area contributed by atoms with Crippen molar-refractivity contribution < 1.29 is 0 Å². The Kier molecular flexibility index (Phi) is 6.30. The van der Waals surface area contributed by atoms with Crippen molar-refractivity contribution in [1.29, 1.82) is 0 Å². The van der Waals surface area contributed by atoms with E-state index < -0.39 is 0 Å². The highest BCUT2D eigenvalue weighted by molar-refractivity contribution is 6.28. The lowest BCUT2D eigenvalue weighted by atomic mass is 9.87. The van der Waals surface area contributed by atoms with E-state index in [-0.39, 0.29) is 5.28 Å². The number of anilines is 2. The minimum absolute atomic E-state index is 0.235. The Morgan fingerprint density at radius 3 is 2.30 bits per heavy atom. The van der Waals surface area contributed by atoms with E-state index in [0.717, 1.165) is 25.4 Å². The predicted octanol–water partition coefficient (Wildman–Crippen LogP) is 3.73. The van der Waals surface area contributed by atoms with Crippen LogP contribution in [0.2, 0.25) is 5.28 Å². The molecule has 0 unspecified atom stereocenters. The van der Waals surface area contributed by atoms with Gasteiger partial charge < -0.3 is 10.6 Å². The summed E-state index contributed by atoms with van der Waals surface area (Å²) in [5, 5.41) is 6.63. The lowest BCUT2D eigenvalue weighted by Crippen LogP contribution is -2.14. The van der Waals surface area contributed by atoms with Crippen LogP contribution < -0.4 is 10.6 Å². The first-order valence-corrected chi connectivity index (χ1v) is 8.05. The van der Waals surface area contributed by atoms with Gasteiger partial charge >= 0.3 is 0 Å². The lowest BCUT2D eigenvalue weighted by Gasteiger charge is -2.21. The molecule has 0 radical (unpaired) electrons. The Morgan fingerprint density at radius 1 is 1.00 bits per heavy atom. The van der Waals surface area contributed by atoms with E-state index in [1.54, 1.807) is 0 Å². The Labute approximate surface area is 126 Å². The average molecular weight is 298 g/mol. The van der Waals surface area contributed by atoms with E-state index in [2.05, 4.69) is 32.5 Å². The van der Waals surface area contributed by atoms with Crippen LogP contribution in [0.25, 0.3) is 0 Å². The maximum Gasteiger partial charge on any atom is 0.228 e. The monoisotopic (exact) mass is 297 g/mol. The molecule has 0 aliphatic heterocycles. The molecule has 0 atom stereocenters. The van der Waals surface area contributed by atoms with Crippen LogP contribution in [0.4, 0.5) is 11.9 Å². The van der Waals surface area contributed by atoms with Crippen molar-refractivity contribution in [3.05, 3.63) is 5.28 Å². The zero-order valence-corrected chi connectivity index (χ0v) is 12.9. The van der Waals surface area contributed by atoms with Crippen molar-refractivity contribution in [2.24, 2.45) is 5.92 Å². The van der Waals surface area contributed by atoms with Crippen molar-refractivity contribution >= 4 is 23.5 Å². The molecule has 0 saturated heterocycles. The Balaban J connectivity index is 1.80. The van der Waals surface area contributed by atoms with Crippen molar-refractivity contribution in [3.63, 3.8) is 0 Å². The summed E-state index contributed by atoms with van der Waals surface area (Å²) < 4.78 is 0. The summed E-state index contributed by atoms with van der Waals surface area (Å²) >= 11 is 5.91. The number of halogens is 1. The number of hydrogen-bond donors (Lipinski definition) is 2. The summed E-state index contributed by atoms with van der Waals surface area (Å²) in [5.41, 5.74) is 0. The fourth-order valence-corrected chi connectivity index (χ4v) is 2.77. The molecule has 1 saturated carbocycles.